The number of carbonyl (C=O) groups excluding carboxylic acids is 10. The normalized spacial score (nSPS) is 15.1. The van der Waals surface area contributed by atoms with Crippen LogP contribution in [0, 0.1) is 10.8 Å². The lowest BCUT2D eigenvalue weighted by Gasteiger charge is -2.47. The lowest BCUT2D eigenvalue weighted by molar-refractivity contribution is -0.179. The van der Waals surface area contributed by atoms with Crippen molar-refractivity contribution < 1.29 is 123 Å². The van der Waals surface area contributed by atoms with E-state index in [4.69, 9.17) is 56.8 Å². The Morgan fingerprint density at radius 2 is 0.577 bits per heavy atom. The third kappa shape index (κ3) is 69.6. The van der Waals surface area contributed by atoms with Crippen molar-refractivity contribution >= 4 is 97.1 Å². The summed E-state index contributed by atoms with van der Waals surface area (Å²) in [6.45, 7) is 79.7. The third-order valence-electron chi connectivity index (χ3n) is 19.2. The number of hydrogen-bond donors (Lipinski definition) is 2. The molecule has 766 valence electrons. The molecule has 0 aliphatic carbocycles. The second-order valence-corrected chi connectivity index (χ2v) is 42.9. The van der Waals surface area contributed by atoms with Crippen molar-refractivity contribution in [1.82, 2.24) is 49.3 Å². The van der Waals surface area contributed by atoms with E-state index < -0.39 is 83.9 Å². The Morgan fingerprint density at radius 1 is 0.323 bits per heavy atom. The molecule has 0 aromatic rings. The molecular weight excluding hydrogens is 1750 g/mol. The molecule has 0 N–H and O–H groups in total. The average molecular weight is 1920 g/mol. The van der Waals surface area contributed by atoms with Crippen LogP contribution >= 0.6 is 37.6 Å². The number of imide groups is 2. The van der Waals surface area contributed by atoms with Crippen LogP contribution in [-0.2, 0) is 98.9 Å². The summed E-state index contributed by atoms with van der Waals surface area (Å²) >= 11 is 7.47. The maximum absolute atomic E-state index is 12.4. The van der Waals surface area contributed by atoms with E-state index in [1.807, 2.05) is 42.3 Å². The van der Waals surface area contributed by atoms with Crippen molar-refractivity contribution in [3.8, 4) is 0 Å². The first kappa shape index (κ1) is 129. The highest BCUT2D eigenvalue weighted by molar-refractivity contribution is 8.13. The second kappa shape index (κ2) is 65.5. The molecular formula is C91H178N10O26S3. The molecule has 2 aliphatic rings. The Kier molecular flexibility index (Phi) is 65.0. The minimum absolute atomic E-state index is 0.00739. The van der Waals surface area contributed by atoms with Crippen LogP contribution in [0.25, 0.3) is 0 Å². The Hall–Kier alpha value is -5.21. The Bertz CT molecular complexity index is 3030. The van der Waals surface area contributed by atoms with Crippen molar-refractivity contribution in [2.45, 2.75) is 316 Å². The van der Waals surface area contributed by atoms with E-state index in [-0.39, 0.29) is 108 Å². The number of rotatable bonds is 50. The molecule has 2 fully saturated rings. The van der Waals surface area contributed by atoms with Gasteiger partial charge in [0.2, 0.25) is 0 Å². The zero-order chi connectivity index (χ0) is 101. The van der Waals surface area contributed by atoms with Crippen LogP contribution < -0.4 is 0 Å². The molecule has 39 heteroatoms. The minimum Gasteiger partial charge on any atom is -0.460 e. The number of hydrogen-bond acceptors (Lipinski definition) is 37. The largest absolute Gasteiger partial charge is 0.534 e. The molecule has 2 rings (SSSR count). The van der Waals surface area contributed by atoms with E-state index in [1.54, 1.807) is 41.5 Å². The molecule has 0 aromatic heterocycles. The highest BCUT2D eigenvalue weighted by Gasteiger charge is 2.38. The van der Waals surface area contributed by atoms with E-state index in [9.17, 15) is 47.9 Å². The number of amides is 4. The molecule has 4 amide bonds. The molecule has 0 bridgehead atoms. The molecule has 0 saturated carbocycles. The maximum Gasteiger partial charge on any atom is 0.534 e. The summed E-state index contributed by atoms with van der Waals surface area (Å²) in [6.07, 6.45) is -4.28. The minimum atomic E-state index is -1.09. The van der Waals surface area contributed by atoms with Gasteiger partial charge in [0.25, 0.3) is 23.6 Å². The molecule has 6 atom stereocenters. The van der Waals surface area contributed by atoms with Crippen molar-refractivity contribution in [3.05, 3.63) is 0 Å². The topological polar surface area (TPSA) is 351 Å². The van der Waals surface area contributed by atoms with Gasteiger partial charge in [-0.25, -0.2) is 24.0 Å². The highest BCUT2D eigenvalue weighted by atomic mass is 32.2. The predicted molar refractivity (Wildman–Crippen MR) is 512 cm³/mol. The van der Waals surface area contributed by atoms with Gasteiger partial charge in [0.1, 0.15) is 42.4 Å². The molecule has 6 unspecified atom stereocenters. The van der Waals surface area contributed by atoms with Crippen LogP contribution in [0.2, 0.25) is 0 Å². The summed E-state index contributed by atoms with van der Waals surface area (Å²) < 4.78 is 72.0. The van der Waals surface area contributed by atoms with Gasteiger partial charge in [-0.15, -0.1) is 0 Å². The van der Waals surface area contributed by atoms with Crippen LogP contribution in [0.1, 0.15) is 246 Å². The third-order valence-corrected chi connectivity index (χ3v) is 20.2. The van der Waals surface area contributed by atoms with Crippen LogP contribution in [0.4, 0.5) is 24.0 Å². The maximum atomic E-state index is 12.4. The van der Waals surface area contributed by atoms with Crippen LogP contribution in [0.3, 0.4) is 0 Å². The lowest BCUT2D eigenvalue weighted by atomic mass is 9.93. The summed E-state index contributed by atoms with van der Waals surface area (Å²) in [4.78, 5) is 142. The first-order valence-electron chi connectivity index (χ1n) is 45.3. The van der Waals surface area contributed by atoms with Gasteiger partial charge in [0.15, 0.2) is 0 Å². The number of esters is 1. The first-order chi connectivity index (χ1) is 59.5. The molecule has 130 heavy (non-hydrogen) atoms. The lowest BCUT2D eigenvalue weighted by Crippen LogP contribution is -2.56. The molecule has 2 saturated heterocycles. The van der Waals surface area contributed by atoms with E-state index in [0.717, 1.165) is 103 Å². The van der Waals surface area contributed by atoms with Gasteiger partial charge >= 0.3 is 35.9 Å². The van der Waals surface area contributed by atoms with Crippen molar-refractivity contribution in [2.24, 2.45) is 10.8 Å². The number of nitrogens with zero attached hydrogens (tertiary/aromatic N) is 10. The monoisotopic (exact) mass is 1920 g/mol. The zero-order valence-electron chi connectivity index (χ0n) is 86.8. The number of carbonyl (C=O) groups is 10. The SMILES string of the molecule is CC(COCCC(C)(C)C)OC(=O)ON1C(=O)CCC1=O.CC(COCCC(C)(C)C)OC(=O)OS.CC(COCCN(C)CCN(C)C)OC(=O)ON1C(=O)CCC1=O.CC(COCCN(C)CCN(C)C)OC(=O)OS.CC(COCCN(CCN(C(C)(C)C)C(C)(C)C)C(C)(C)C)OC(=O)CSC(=O)OC(C)COCCN(CCN(C(C)(C)C)C(C)(C)C)C(C)(C)C. The van der Waals surface area contributed by atoms with Gasteiger partial charge in [-0.1, -0.05) is 51.7 Å². The molecule has 0 spiro atoms. The van der Waals surface area contributed by atoms with Crippen molar-refractivity contribution in [1.29, 1.82) is 0 Å². The van der Waals surface area contributed by atoms with E-state index in [2.05, 4.69) is 249 Å². The van der Waals surface area contributed by atoms with Gasteiger partial charge in [-0.3, -0.25) is 53.2 Å². The van der Waals surface area contributed by atoms with Gasteiger partial charge in [-0.05, 0) is 244 Å². The number of likely N-dealkylation sites (N-methyl/N-ethyl adjacent to an activating group) is 4. The summed E-state index contributed by atoms with van der Waals surface area (Å²) in [7, 11) is 12.2. The van der Waals surface area contributed by atoms with Crippen LogP contribution in [-0.4, -0.2) is 385 Å². The number of hydroxylamine groups is 4. The number of thioether (sulfide) groups is 1. The summed E-state index contributed by atoms with van der Waals surface area (Å²) in [5.41, 5.74) is 0.683. The number of ether oxygens (including phenoxy) is 12. The Balaban J connectivity index is -0.00000171. The zero-order valence-corrected chi connectivity index (χ0v) is 89.4. The van der Waals surface area contributed by atoms with E-state index in [0.29, 0.717) is 69.6 Å². The second-order valence-electron chi connectivity index (χ2n) is 41.6. The van der Waals surface area contributed by atoms with Gasteiger partial charge in [-0.2, -0.15) is 0 Å². The van der Waals surface area contributed by atoms with Crippen LogP contribution in [0.5, 0.6) is 0 Å². The molecule has 2 heterocycles. The van der Waals surface area contributed by atoms with Crippen molar-refractivity contribution in [2.75, 3.05) is 206 Å². The highest BCUT2D eigenvalue weighted by Crippen LogP contribution is 2.28. The predicted octanol–water partition coefficient (Wildman–Crippen LogP) is 14.1. The fraction of sp³-hybridized carbons (Fsp3) is 0.890. The average Bonchev–Trinajstić information content (AvgIpc) is 1.06. The smallest absolute Gasteiger partial charge is 0.460 e. The van der Waals surface area contributed by atoms with Crippen LogP contribution in [0.15, 0.2) is 0 Å². The molecule has 2 aliphatic heterocycles. The fourth-order valence-corrected chi connectivity index (χ4v) is 13.0. The molecule has 0 radical (unpaired) electrons. The van der Waals surface area contributed by atoms with Gasteiger partial charge < -0.3 is 84.8 Å². The Labute approximate surface area is 797 Å². The Morgan fingerprint density at radius 3 is 0.831 bits per heavy atom. The summed E-state index contributed by atoms with van der Waals surface area (Å²) in [6, 6.07) is 0. The standard InChI is InChI=1S/C41H84N4O6S.C15H27N3O6.C14H23NO6.C11H24N2O4S.C10H20O4S/c1-32(29-48-27-25-42(36(3,4)5)21-23-44(38(9,10)11)39(12,13)14)50-34(46)31-52-35(47)51-33(2)30-49-28-26-43(37(6,7)8)22-24-45(40(15,16)17)41(18,19)20;1-12(11-22-10-9-17(4)8-7-16(2)3)23-15(21)24-18-13(19)5-6-14(18)20;1-10(9-19-8-7-14(2,3)4)20-13(18)21-15-11(16)5-6-12(15)17;1-10(16-11(14)17-18)9-15-8-7-13(4)6-5-12(2)3;1-8(13-9(11)14-15)7-12-6-5-10(2,3)4/h32-33H,21-31H2,1-20H3;12H,5-11H2,1-4H3;10H,5-9H2,1-4H3;10,18H,5-9H2,1-4H3;8,15H,5-7H2,1-4H3. The molecule has 0 aromatic carbocycles. The van der Waals surface area contributed by atoms with Crippen molar-refractivity contribution in [3.63, 3.8) is 0 Å². The fourth-order valence-electron chi connectivity index (χ4n) is 12.4. The first-order valence-corrected chi connectivity index (χ1v) is 47.0. The van der Waals surface area contributed by atoms with Gasteiger partial charge in [0, 0.05) is 176 Å². The van der Waals surface area contributed by atoms with E-state index >= 15 is 0 Å². The van der Waals surface area contributed by atoms with E-state index in [1.165, 1.54) is 0 Å². The quantitative estimate of drug-likeness (QED) is 0.0143. The summed E-state index contributed by atoms with van der Waals surface area (Å²) in [5.74, 6) is -2.74. The summed E-state index contributed by atoms with van der Waals surface area (Å²) in [5, 5.41) is 0.391. The molecule has 36 nitrogen and oxygen atoms in total. The number of thiol groups is 2. The van der Waals surface area contributed by atoms with Gasteiger partial charge in [0.05, 0.1) is 66.1 Å².